The van der Waals surface area contributed by atoms with Crippen molar-refractivity contribution < 1.29 is 9.53 Å². The third-order valence-corrected chi connectivity index (χ3v) is 5.68. The Kier molecular flexibility index (Phi) is 5.30. The summed E-state index contributed by atoms with van der Waals surface area (Å²) in [5, 5.41) is 7.39. The molecule has 3 nitrogen and oxygen atoms in total. The van der Waals surface area contributed by atoms with E-state index in [0.717, 1.165) is 16.3 Å². The van der Waals surface area contributed by atoms with E-state index < -0.39 is 0 Å². The maximum Gasteiger partial charge on any atom is 0.256 e. The first-order valence-corrected chi connectivity index (χ1v) is 10.7. The molecule has 1 N–H and O–H groups in total. The van der Waals surface area contributed by atoms with Gasteiger partial charge < -0.3 is 10.1 Å². The summed E-state index contributed by atoms with van der Waals surface area (Å²) >= 11 is 0. The molecule has 156 valence electrons. The fourth-order valence-corrected chi connectivity index (χ4v) is 4.00. The molecule has 0 spiro atoms. The molecule has 0 radical (unpaired) electrons. The number of carbonyl (C=O) groups excluding carboxylic acids is 1. The Hall–Kier alpha value is -4.11. The van der Waals surface area contributed by atoms with E-state index in [1.54, 1.807) is 0 Å². The highest BCUT2D eigenvalue weighted by Gasteiger charge is 2.12. The topological polar surface area (TPSA) is 38.3 Å². The van der Waals surface area contributed by atoms with Gasteiger partial charge in [-0.05, 0) is 58.3 Å². The fraction of sp³-hybridized carbons (Fsp3) is 0.0690. The largest absolute Gasteiger partial charge is 0.486 e. The smallest absolute Gasteiger partial charge is 0.256 e. The van der Waals surface area contributed by atoms with Gasteiger partial charge in [-0.3, -0.25) is 4.79 Å². The Morgan fingerprint density at radius 2 is 1.44 bits per heavy atom. The van der Waals surface area contributed by atoms with E-state index in [1.165, 1.54) is 10.8 Å². The summed E-state index contributed by atoms with van der Waals surface area (Å²) < 4.78 is 6.20. The molecule has 0 aliphatic carbocycles. The van der Waals surface area contributed by atoms with E-state index >= 15 is 0 Å². The van der Waals surface area contributed by atoms with Crippen LogP contribution in [0.1, 0.15) is 28.9 Å². The van der Waals surface area contributed by atoms with Crippen LogP contribution in [-0.4, -0.2) is 5.91 Å². The maximum atomic E-state index is 13.0. The highest BCUT2D eigenvalue weighted by atomic mass is 16.5. The number of anilines is 1. The first kappa shape index (κ1) is 19.8. The second-order valence-electron chi connectivity index (χ2n) is 7.88. The van der Waals surface area contributed by atoms with Crippen LogP contribution in [0.4, 0.5) is 5.69 Å². The first-order valence-electron chi connectivity index (χ1n) is 10.7. The third-order valence-electron chi connectivity index (χ3n) is 5.68. The van der Waals surface area contributed by atoms with Crippen LogP contribution in [-0.2, 0) is 0 Å². The second-order valence-corrected chi connectivity index (χ2v) is 7.88. The number of ether oxygens (including phenoxy) is 1. The van der Waals surface area contributed by atoms with Gasteiger partial charge in [-0.15, -0.1) is 0 Å². The fourth-order valence-electron chi connectivity index (χ4n) is 4.00. The zero-order valence-electron chi connectivity index (χ0n) is 17.8. The van der Waals surface area contributed by atoms with Crippen molar-refractivity contribution in [3.63, 3.8) is 0 Å². The lowest BCUT2D eigenvalue weighted by Crippen LogP contribution is -2.12. The Labute approximate surface area is 187 Å². The van der Waals surface area contributed by atoms with Crippen molar-refractivity contribution in [1.29, 1.82) is 0 Å². The monoisotopic (exact) mass is 417 g/mol. The normalized spacial score (nSPS) is 11.9. The highest BCUT2D eigenvalue weighted by Crippen LogP contribution is 2.27. The molecule has 3 heteroatoms. The van der Waals surface area contributed by atoms with Gasteiger partial charge in [0.15, 0.2) is 0 Å². The minimum Gasteiger partial charge on any atom is -0.486 e. The SMILES string of the molecule is CC(Oc1cccc(NC(=O)c2cccc3ccccc23)c1)c1ccc2ccccc2c1. The van der Waals surface area contributed by atoms with Gasteiger partial charge in [0.1, 0.15) is 11.9 Å². The van der Waals surface area contributed by atoms with Crippen LogP contribution in [0.2, 0.25) is 0 Å². The standard InChI is InChI=1S/C29H23NO2/c1-20(23-17-16-21-8-2-3-10-24(21)18-23)32-26-13-7-12-25(19-26)30-29(31)28-15-6-11-22-9-4-5-14-27(22)28/h2-20H,1H3,(H,30,31). The molecule has 32 heavy (non-hydrogen) atoms. The Bertz CT molecular complexity index is 1420. The predicted octanol–water partition coefficient (Wildman–Crippen LogP) is 7.39. The van der Waals surface area contributed by atoms with Crippen molar-refractivity contribution >= 4 is 33.1 Å². The molecule has 1 amide bonds. The number of fused-ring (bicyclic) bond motifs is 2. The summed E-state index contributed by atoms with van der Waals surface area (Å²) in [6.45, 7) is 2.03. The van der Waals surface area contributed by atoms with Gasteiger partial charge in [0, 0.05) is 17.3 Å². The van der Waals surface area contributed by atoms with E-state index in [0.29, 0.717) is 17.0 Å². The van der Waals surface area contributed by atoms with Gasteiger partial charge in [0.05, 0.1) is 0 Å². The summed E-state index contributed by atoms with van der Waals surface area (Å²) in [6.07, 6.45) is -0.122. The molecule has 0 bridgehead atoms. The van der Waals surface area contributed by atoms with Gasteiger partial charge in [-0.25, -0.2) is 0 Å². The van der Waals surface area contributed by atoms with Crippen LogP contribution in [0, 0.1) is 0 Å². The minimum atomic E-state index is -0.137. The lowest BCUT2D eigenvalue weighted by molar-refractivity contribution is 0.102. The van der Waals surface area contributed by atoms with Crippen LogP contribution >= 0.6 is 0 Å². The van der Waals surface area contributed by atoms with E-state index in [-0.39, 0.29) is 12.0 Å². The quantitative estimate of drug-likeness (QED) is 0.324. The van der Waals surface area contributed by atoms with Crippen molar-refractivity contribution in [2.24, 2.45) is 0 Å². The molecule has 1 atom stereocenters. The molecular weight excluding hydrogens is 394 g/mol. The second kappa shape index (κ2) is 8.56. The molecular formula is C29H23NO2. The zero-order valence-corrected chi connectivity index (χ0v) is 17.8. The summed E-state index contributed by atoms with van der Waals surface area (Å²) in [7, 11) is 0. The molecule has 0 aliphatic rings. The average Bonchev–Trinajstić information content (AvgIpc) is 2.83. The van der Waals surface area contributed by atoms with Crippen LogP contribution < -0.4 is 10.1 Å². The van der Waals surface area contributed by atoms with Crippen molar-refractivity contribution in [3.8, 4) is 5.75 Å². The number of benzene rings is 5. The third kappa shape index (κ3) is 4.06. The molecule has 0 aliphatic heterocycles. The van der Waals surface area contributed by atoms with Crippen molar-refractivity contribution in [3.05, 3.63) is 120 Å². The number of carbonyl (C=O) groups is 1. The van der Waals surface area contributed by atoms with Gasteiger partial charge in [0.25, 0.3) is 5.91 Å². The summed E-state index contributed by atoms with van der Waals surface area (Å²) in [5.41, 5.74) is 2.46. The molecule has 0 fully saturated rings. The van der Waals surface area contributed by atoms with E-state index in [4.69, 9.17) is 4.74 Å². The zero-order chi connectivity index (χ0) is 21.9. The number of rotatable bonds is 5. The number of hydrogen-bond donors (Lipinski definition) is 1. The lowest BCUT2D eigenvalue weighted by Gasteiger charge is -2.17. The van der Waals surface area contributed by atoms with Crippen molar-refractivity contribution in [2.75, 3.05) is 5.32 Å². The Morgan fingerprint density at radius 3 is 2.31 bits per heavy atom. The lowest BCUT2D eigenvalue weighted by atomic mass is 10.0. The van der Waals surface area contributed by atoms with Gasteiger partial charge >= 0.3 is 0 Å². The Balaban J connectivity index is 1.34. The average molecular weight is 418 g/mol. The van der Waals surface area contributed by atoms with Crippen LogP contribution in [0.15, 0.2) is 109 Å². The van der Waals surface area contributed by atoms with Gasteiger partial charge in [-0.1, -0.05) is 78.9 Å². The van der Waals surface area contributed by atoms with Crippen molar-refractivity contribution in [2.45, 2.75) is 13.0 Å². The molecule has 0 heterocycles. The highest BCUT2D eigenvalue weighted by molar-refractivity contribution is 6.12. The minimum absolute atomic E-state index is 0.122. The molecule has 5 aromatic rings. The van der Waals surface area contributed by atoms with Crippen LogP contribution in [0.25, 0.3) is 21.5 Å². The van der Waals surface area contributed by atoms with Crippen molar-refractivity contribution in [1.82, 2.24) is 0 Å². The number of nitrogens with one attached hydrogen (secondary N) is 1. The number of amides is 1. The summed E-state index contributed by atoms with van der Waals surface area (Å²) in [6, 6.07) is 35.9. The maximum absolute atomic E-state index is 13.0. The van der Waals surface area contributed by atoms with E-state index in [1.807, 2.05) is 85.8 Å². The predicted molar refractivity (Wildman–Crippen MR) is 131 cm³/mol. The van der Waals surface area contributed by atoms with E-state index in [2.05, 4.69) is 35.6 Å². The molecule has 5 aromatic carbocycles. The molecule has 0 saturated carbocycles. The molecule has 5 rings (SSSR count). The van der Waals surface area contributed by atoms with E-state index in [9.17, 15) is 4.79 Å². The van der Waals surface area contributed by atoms with Crippen LogP contribution in [0.5, 0.6) is 5.75 Å². The Morgan fingerprint density at radius 1 is 0.719 bits per heavy atom. The van der Waals surface area contributed by atoms with Crippen LogP contribution in [0.3, 0.4) is 0 Å². The molecule has 0 aromatic heterocycles. The summed E-state index contributed by atoms with van der Waals surface area (Å²) in [4.78, 5) is 13.0. The number of hydrogen-bond acceptors (Lipinski definition) is 2. The summed E-state index contributed by atoms with van der Waals surface area (Å²) in [5.74, 6) is 0.572. The van der Waals surface area contributed by atoms with Gasteiger partial charge in [0.2, 0.25) is 0 Å². The molecule has 0 saturated heterocycles. The molecule has 1 unspecified atom stereocenters. The first-order chi connectivity index (χ1) is 15.7. The van der Waals surface area contributed by atoms with Gasteiger partial charge in [-0.2, -0.15) is 0 Å².